The molecule has 0 saturated carbocycles. The smallest absolute Gasteiger partial charge is 0.164 e. The second kappa shape index (κ2) is 12.4. The zero-order chi connectivity index (χ0) is 38.6. The maximum absolute atomic E-state index is 6.18. The highest BCUT2D eigenvalue weighted by atomic mass is 32.1. The molecule has 0 aliphatic heterocycles. The number of nitrogens with zero attached hydrogens (tertiary/aromatic N) is 4. The van der Waals surface area contributed by atoms with Crippen LogP contribution in [0.15, 0.2) is 186 Å². The number of furan rings is 1. The summed E-state index contributed by atoms with van der Waals surface area (Å²) in [5.41, 5.74) is 7.86. The van der Waals surface area contributed by atoms with E-state index in [1.54, 1.807) is 11.3 Å². The van der Waals surface area contributed by atoms with Crippen molar-refractivity contribution in [3.8, 4) is 39.9 Å². The molecule has 0 aliphatic rings. The lowest BCUT2D eigenvalue weighted by Gasteiger charge is -2.11. The Balaban J connectivity index is 1.00. The third-order valence-corrected chi connectivity index (χ3v) is 13.0. The van der Waals surface area contributed by atoms with Gasteiger partial charge in [-0.1, -0.05) is 97.1 Å². The van der Waals surface area contributed by atoms with Gasteiger partial charge in [-0.2, -0.15) is 0 Å². The molecular formula is C53H30N4OS. The van der Waals surface area contributed by atoms with Crippen LogP contribution in [0.3, 0.4) is 0 Å². The van der Waals surface area contributed by atoms with Crippen molar-refractivity contribution in [3.05, 3.63) is 182 Å². The first-order valence-electron chi connectivity index (χ1n) is 19.8. The Morgan fingerprint density at radius 2 is 0.881 bits per heavy atom. The molecule has 59 heavy (non-hydrogen) atoms. The van der Waals surface area contributed by atoms with Crippen LogP contribution in [0, 0.1) is 0 Å². The number of aromatic nitrogens is 4. The van der Waals surface area contributed by atoms with Crippen LogP contribution in [0.4, 0.5) is 0 Å². The Morgan fingerprint density at radius 3 is 1.58 bits per heavy atom. The molecule has 4 heterocycles. The lowest BCUT2D eigenvalue weighted by molar-refractivity contribution is 0.669. The van der Waals surface area contributed by atoms with Gasteiger partial charge in [0.15, 0.2) is 17.5 Å². The highest BCUT2D eigenvalue weighted by Gasteiger charge is 2.19. The van der Waals surface area contributed by atoms with E-state index in [4.69, 9.17) is 19.4 Å². The van der Waals surface area contributed by atoms with E-state index < -0.39 is 0 Å². The summed E-state index contributed by atoms with van der Waals surface area (Å²) in [5, 5.41) is 12.0. The molecule has 0 radical (unpaired) electrons. The van der Waals surface area contributed by atoms with Gasteiger partial charge >= 0.3 is 0 Å². The van der Waals surface area contributed by atoms with Gasteiger partial charge < -0.3 is 8.98 Å². The topological polar surface area (TPSA) is 56.7 Å². The molecule has 0 saturated heterocycles. The molecular weight excluding hydrogens is 741 g/mol. The third-order valence-electron chi connectivity index (χ3n) is 11.8. The van der Waals surface area contributed by atoms with Crippen LogP contribution in [-0.4, -0.2) is 19.5 Å². The van der Waals surface area contributed by atoms with Gasteiger partial charge in [-0.25, -0.2) is 15.0 Å². The number of hydrogen-bond acceptors (Lipinski definition) is 5. The minimum absolute atomic E-state index is 0.609. The first-order valence-corrected chi connectivity index (χ1v) is 20.6. The highest BCUT2D eigenvalue weighted by molar-refractivity contribution is 7.25. The molecule has 0 amide bonds. The van der Waals surface area contributed by atoms with Crippen LogP contribution >= 0.6 is 11.3 Å². The molecule has 0 atom stereocenters. The summed E-state index contributed by atoms with van der Waals surface area (Å²) < 4.78 is 11.1. The minimum atomic E-state index is 0.609. The number of hydrogen-bond donors (Lipinski definition) is 0. The summed E-state index contributed by atoms with van der Waals surface area (Å²) in [6, 6.07) is 64.5. The van der Waals surface area contributed by atoms with Crippen molar-refractivity contribution in [1.29, 1.82) is 0 Å². The van der Waals surface area contributed by atoms with Crippen LogP contribution < -0.4 is 0 Å². The predicted molar refractivity (Wildman–Crippen MR) is 246 cm³/mol. The first kappa shape index (κ1) is 32.4. The average Bonchev–Trinajstić information content (AvgIpc) is 3.98. The number of para-hydroxylation sites is 1. The summed E-state index contributed by atoms with van der Waals surface area (Å²) in [6.45, 7) is 0. The fourth-order valence-corrected chi connectivity index (χ4v) is 10.2. The molecule has 274 valence electrons. The van der Waals surface area contributed by atoms with Gasteiger partial charge in [-0.15, -0.1) is 11.3 Å². The SMILES string of the molecule is c1ccc2c(c1)ccc1c2c2c3ccccc3ccc2n1-c1ccc(-c2nc(-c3ccc4oc5ccccc5c4c3)nc(-c3ccc4sc5ccccc5c4c3)n2)cc1. The highest BCUT2D eigenvalue weighted by Crippen LogP contribution is 2.41. The van der Waals surface area contributed by atoms with Gasteiger partial charge in [0.1, 0.15) is 11.2 Å². The molecule has 9 aromatic carbocycles. The van der Waals surface area contributed by atoms with Crippen molar-refractivity contribution in [2.75, 3.05) is 0 Å². The van der Waals surface area contributed by atoms with Gasteiger partial charge in [0.2, 0.25) is 0 Å². The Labute approximate surface area is 341 Å². The zero-order valence-corrected chi connectivity index (χ0v) is 32.2. The Morgan fingerprint density at radius 1 is 0.373 bits per heavy atom. The van der Waals surface area contributed by atoms with Gasteiger partial charge in [0.25, 0.3) is 0 Å². The molecule has 5 nitrogen and oxygen atoms in total. The van der Waals surface area contributed by atoms with Crippen molar-refractivity contribution in [2.45, 2.75) is 0 Å². The minimum Gasteiger partial charge on any atom is -0.456 e. The molecule has 0 N–H and O–H groups in total. The summed E-state index contributed by atoms with van der Waals surface area (Å²) in [7, 11) is 0. The van der Waals surface area contributed by atoms with E-state index in [0.717, 1.165) is 44.3 Å². The van der Waals surface area contributed by atoms with Crippen LogP contribution in [0.5, 0.6) is 0 Å². The zero-order valence-electron chi connectivity index (χ0n) is 31.4. The summed E-state index contributed by atoms with van der Waals surface area (Å²) >= 11 is 1.81. The average molecular weight is 771 g/mol. The van der Waals surface area contributed by atoms with E-state index in [0.29, 0.717) is 17.5 Å². The molecule has 13 rings (SSSR count). The maximum atomic E-state index is 6.18. The van der Waals surface area contributed by atoms with Crippen molar-refractivity contribution < 1.29 is 4.42 Å². The van der Waals surface area contributed by atoms with Crippen LogP contribution in [-0.2, 0) is 0 Å². The monoisotopic (exact) mass is 770 g/mol. The van der Waals surface area contributed by atoms with E-state index in [1.807, 2.05) is 30.3 Å². The van der Waals surface area contributed by atoms with Crippen molar-refractivity contribution in [2.24, 2.45) is 0 Å². The first-order chi connectivity index (χ1) is 29.2. The second-order valence-electron chi connectivity index (χ2n) is 15.2. The van der Waals surface area contributed by atoms with Crippen LogP contribution in [0.1, 0.15) is 0 Å². The summed E-state index contributed by atoms with van der Waals surface area (Å²) in [5.74, 6) is 1.85. The molecule has 0 fully saturated rings. The van der Waals surface area contributed by atoms with Crippen LogP contribution in [0.25, 0.3) is 125 Å². The van der Waals surface area contributed by atoms with Gasteiger partial charge in [0.05, 0.1) is 11.0 Å². The van der Waals surface area contributed by atoms with Gasteiger partial charge in [-0.3, -0.25) is 0 Å². The quantitative estimate of drug-likeness (QED) is 0.179. The molecule has 13 aromatic rings. The molecule has 0 aliphatic carbocycles. The number of benzene rings is 9. The largest absolute Gasteiger partial charge is 0.456 e. The molecule has 4 aromatic heterocycles. The molecule has 0 bridgehead atoms. The Hall–Kier alpha value is -7.67. The van der Waals surface area contributed by atoms with Crippen LogP contribution in [0.2, 0.25) is 0 Å². The van der Waals surface area contributed by atoms with Crippen molar-refractivity contribution in [3.63, 3.8) is 0 Å². The number of fused-ring (bicyclic) bond motifs is 13. The van der Waals surface area contributed by atoms with Crippen molar-refractivity contribution >= 4 is 96.8 Å². The fraction of sp³-hybridized carbons (Fsp3) is 0. The Bertz CT molecular complexity index is 3630. The lowest BCUT2D eigenvalue weighted by Crippen LogP contribution is -2.00. The third kappa shape index (κ3) is 4.94. The van der Waals surface area contributed by atoms with E-state index in [2.05, 4.69) is 156 Å². The summed E-state index contributed by atoms with van der Waals surface area (Å²) in [4.78, 5) is 15.5. The molecule has 6 heteroatoms. The molecule has 0 spiro atoms. The van der Waals surface area contributed by atoms with Crippen molar-refractivity contribution in [1.82, 2.24) is 19.5 Å². The normalized spacial score (nSPS) is 12.1. The van der Waals surface area contributed by atoms with E-state index >= 15 is 0 Å². The second-order valence-corrected chi connectivity index (χ2v) is 16.3. The summed E-state index contributed by atoms with van der Waals surface area (Å²) in [6.07, 6.45) is 0. The number of thiophene rings is 1. The lowest BCUT2D eigenvalue weighted by atomic mass is 10.00. The van der Waals surface area contributed by atoms with Gasteiger partial charge in [0, 0.05) is 64.1 Å². The Kier molecular flexibility index (Phi) is 6.82. The molecule has 0 unspecified atom stereocenters. The maximum Gasteiger partial charge on any atom is 0.164 e. The predicted octanol–water partition coefficient (Wildman–Crippen LogP) is 14.5. The van der Waals surface area contributed by atoms with E-state index in [1.165, 1.54) is 63.5 Å². The van der Waals surface area contributed by atoms with Gasteiger partial charge in [-0.05, 0) is 106 Å². The van der Waals surface area contributed by atoms with E-state index in [9.17, 15) is 0 Å². The van der Waals surface area contributed by atoms with E-state index in [-0.39, 0.29) is 0 Å². The fourth-order valence-electron chi connectivity index (χ4n) is 9.08. The standard InChI is InChI=1S/C53H30N4OS/c1-3-11-37-31(9-1)19-25-43-49(37)50-38-12-4-2-10-32(38)20-26-44(50)57(43)36-23-17-33(18-24-36)51-54-52(34-21-27-46-41(29-34)39-13-5-7-15-45(39)58-46)56-53(55-51)35-22-28-48-42(30-35)40-14-6-8-16-47(40)59-48/h1-30H. The number of rotatable bonds is 4.